The fourth-order valence-corrected chi connectivity index (χ4v) is 2.06. The molecule has 0 aliphatic carbocycles. The number of hydrogen-bond acceptors (Lipinski definition) is 6. The van der Waals surface area contributed by atoms with Gasteiger partial charge in [0, 0.05) is 22.5 Å². The topological polar surface area (TPSA) is 104 Å². The molecule has 0 saturated carbocycles. The van der Waals surface area contributed by atoms with Crippen molar-refractivity contribution in [2.75, 3.05) is 5.73 Å². The number of nitro groups is 1. The van der Waals surface area contributed by atoms with Crippen LogP contribution in [0.15, 0.2) is 28.7 Å². The molecule has 2 N–H and O–H groups in total. The highest BCUT2D eigenvalue weighted by Gasteiger charge is 2.12. The molecule has 0 radical (unpaired) electrons. The highest BCUT2D eigenvalue weighted by Crippen LogP contribution is 2.29. The number of ether oxygens (including phenoxy) is 1. The lowest BCUT2D eigenvalue weighted by molar-refractivity contribution is -0.385. The van der Waals surface area contributed by atoms with Crippen molar-refractivity contribution < 1.29 is 9.66 Å². The zero-order chi connectivity index (χ0) is 15.6. The first-order valence-electron chi connectivity index (χ1n) is 6.12. The van der Waals surface area contributed by atoms with Crippen LogP contribution in [0.25, 0.3) is 0 Å². The molecule has 0 spiro atoms. The Labute approximate surface area is 129 Å². The van der Waals surface area contributed by atoms with Crippen LogP contribution in [0.2, 0.25) is 0 Å². The van der Waals surface area contributed by atoms with E-state index in [9.17, 15) is 10.1 Å². The Hall–Kier alpha value is -2.22. The van der Waals surface area contributed by atoms with Crippen LogP contribution in [-0.4, -0.2) is 14.9 Å². The second-order valence-electron chi connectivity index (χ2n) is 4.65. The molecule has 1 aromatic heterocycles. The number of non-ortho nitro benzene ring substituents is 1. The summed E-state index contributed by atoms with van der Waals surface area (Å²) in [7, 11) is 0. The van der Waals surface area contributed by atoms with Crippen LogP contribution in [0, 0.1) is 10.1 Å². The molecule has 0 aliphatic rings. The predicted octanol–water partition coefficient (Wildman–Crippen LogP) is 3.65. The number of hydrogen-bond donors (Lipinski definition) is 1. The van der Waals surface area contributed by atoms with Crippen molar-refractivity contribution >= 4 is 27.4 Å². The van der Waals surface area contributed by atoms with Crippen molar-refractivity contribution in [1.82, 2.24) is 9.97 Å². The van der Waals surface area contributed by atoms with Crippen LogP contribution < -0.4 is 10.5 Å². The monoisotopic (exact) mass is 352 g/mol. The first-order valence-corrected chi connectivity index (χ1v) is 6.91. The number of rotatable bonds is 4. The molecule has 2 aromatic rings. The van der Waals surface area contributed by atoms with Crippen molar-refractivity contribution in [3.8, 4) is 11.6 Å². The molecule has 2 rings (SSSR count). The maximum atomic E-state index is 10.8. The van der Waals surface area contributed by atoms with Crippen LogP contribution in [0.3, 0.4) is 0 Å². The summed E-state index contributed by atoms with van der Waals surface area (Å²) in [5, 5.41) is 10.8. The molecule has 0 amide bonds. The van der Waals surface area contributed by atoms with Crippen LogP contribution in [0.4, 0.5) is 11.5 Å². The van der Waals surface area contributed by atoms with Gasteiger partial charge in [0.05, 0.1) is 11.0 Å². The fraction of sp³-hybridized carbons (Fsp3) is 0.231. The van der Waals surface area contributed by atoms with Crippen LogP contribution in [0.1, 0.15) is 25.6 Å². The molecule has 0 fully saturated rings. The number of nitrogen functional groups attached to an aromatic ring is 1. The highest BCUT2D eigenvalue weighted by atomic mass is 79.9. The molecule has 0 bridgehead atoms. The molecule has 0 unspecified atom stereocenters. The van der Waals surface area contributed by atoms with Crippen LogP contribution in [-0.2, 0) is 0 Å². The number of halogens is 1. The Kier molecular flexibility index (Phi) is 4.37. The van der Waals surface area contributed by atoms with Crippen molar-refractivity contribution in [3.63, 3.8) is 0 Å². The minimum Gasteiger partial charge on any atom is -0.439 e. The van der Waals surface area contributed by atoms with Gasteiger partial charge in [-0.05, 0) is 6.07 Å². The van der Waals surface area contributed by atoms with Gasteiger partial charge in [-0.2, -0.15) is 4.98 Å². The average Bonchev–Trinajstić information content (AvgIpc) is 2.37. The van der Waals surface area contributed by atoms with Gasteiger partial charge < -0.3 is 10.5 Å². The van der Waals surface area contributed by atoms with E-state index >= 15 is 0 Å². The average molecular weight is 353 g/mol. The van der Waals surface area contributed by atoms with Gasteiger partial charge in [-0.3, -0.25) is 10.1 Å². The summed E-state index contributed by atoms with van der Waals surface area (Å²) in [5.74, 6) is 1.47. The zero-order valence-electron chi connectivity index (χ0n) is 11.4. The van der Waals surface area contributed by atoms with E-state index in [2.05, 4.69) is 25.9 Å². The lowest BCUT2D eigenvalue weighted by atomic mass is 10.2. The molecule has 21 heavy (non-hydrogen) atoms. The molecule has 0 saturated heterocycles. The third-order valence-electron chi connectivity index (χ3n) is 2.55. The van der Waals surface area contributed by atoms with Gasteiger partial charge in [-0.1, -0.05) is 29.8 Å². The molecule has 1 heterocycles. The second-order valence-corrected chi connectivity index (χ2v) is 5.56. The Bertz CT molecular complexity index is 691. The summed E-state index contributed by atoms with van der Waals surface area (Å²) < 4.78 is 6.10. The summed E-state index contributed by atoms with van der Waals surface area (Å²) in [6.45, 7) is 3.87. The Morgan fingerprint density at radius 3 is 2.62 bits per heavy atom. The number of anilines is 1. The molecule has 8 heteroatoms. The van der Waals surface area contributed by atoms with Crippen molar-refractivity contribution in [2.24, 2.45) is 0 Å². The quantitative estimate of drug-likeness (QED) is 0.665. The van der Waals surface area contributed by atoms with E-state index in [4.69, 9.17) is 10.5 Å². The normalized spacial score (nSPS) is 10.7. The maximum absolute atomic E-state index is 10.8. The fourth-order valence-electron chi connectivity index (χ4n) is 1.60. The lowest BCUT2D eigenvalue weighted by Gasteiger charge is -2.09. The number of nitro benzene ring substituents is 1. The SMILES string of the molecule is CC(C)c1nc(N)cc(Oc2cc(Br)cc([N+](=O)[O-])c2)n1. The van der Waals surface area contributed by atoms with E-state index in [0.717, 1.165) is 0 Å². The minimum atomic E-state index is -0.495. The number of nitrogens with two attached hydrogens (primary N) is 1. The zero-order valence-corrected chi connectivity index (χ0v) is 13.0. The smallest absolute Gasteiger partial charge is 0.274 e. The van der Waals surface area contributed by atoms with Gasteiger partial charge in [0.25, 0.3) is 5.69 Å². The van der Waals surface area contributed by atoms with Crippen LogP contribution >= 0.6 is 15.9 Å². The largest absolute Gasteiger partial charge is 0.439 e. The molecule has 1 aromatic carbocycles. The van der Waals surface area contributed by atoms with Crippen molar-refractivity contribution in [3.05, 3.63) is 44.7 Å². The molecule has 110 valence electrons. The Balaban J connectivity index is 2.36. The van der Waals surface area contributed by atoms with Crippen LogP contribution in [0.5, 0.6) is 11.6 Å². The van der Waals surface area contributed by atoms with Gasteiger partial charge in [-0.25, -0.2) is 4.98 Å². The number of aromatic nitrogens is 2. The molecular weight excluding hydrogens is 340 g/mol. The van der Waals surface area contributed by atoms with E-state index in [1.54, 1.807) is 6.07 Å². The predicted molar refractivity (Wildman–Crippen MR) is 81.4 cm³/mol. The molecule has 0 atom stereocenters. The maximum Gasteiger partial charge on any atom is 0.274 e. The summed E-state index contributed by atoms with van der Waals surface area (Å²) in [6.07, 6.45) is 0. The van der Waals surface area contributed by atoms with Crippen molar-refractivity contribution in [2.45, 2.75) is 19.8 Å². The van der Waals surface area contributed by atoms with Crippen molar-refractivity contribution in [1.29, 1.82) is 0 Å². The molecule has 7 nitrogen and oxygen atoms in total. The van der Waals surface area contributed by atoms with Gasteiger partial charge in [0.1, 0.15) is 17.4 Å². The second kappa shape index (κ2) is 6.04. The highest BCUT2D eigenvalue weighted by molar-refractivity contribution is 9.10. The Morgan fingerprint density at radius 2 is 2.00 bits per heavy atom. The van der Waals surface area contributed by atoms with E-state index in [0.29, 0.717) is 16.0 Å². The number of benzene rings is 1. The summed E-state index contributed by atoms with van der Waals surface area (Å²) >= 11 is 3.20. The Morgan fingerprint density at radius 1 is 1.29 bits per heavy atom. The molecular formula is C13H13BrN4O3. The minimum absolute atomic E-state index is 0.0783. The van der Waals surface area contributed by atoms with Gasteiger partial charge >= 0.3 is 0 Å². The molecule has 0 aliphatic heterocycles. The summed E-state index contributed by atoms with van der Waals surface area (Å²) in [4.78, 5) is 18.7. The lowest BCUT2D eigenvalue weighted by Crippen LogP contribution is -2.03. The number of nitrogens with zero attached hydrogens (tertiary/aromatic N) is 3. The van der Waals surface area contributed by atoms with E-state index in [1.165, 1.54) is 18.2 Å². The summed E-state index contributed by atoms with van der Waals surface area (Å²) in [5.41, 5.74) is 5.63. The first kappa shape index (κ1) is 15.2. The van der Waals surface area contributed by atoms with Gasteiger partial charge in [0.15, 0.2) is 0 Å². The standard InChI is InChI=1S/C13H13BrN4O3/c1-7(2)13-16-11(15)6-12(17-13)21-10-4-8(14)3-9(5-10)18(19)20/h3-7H,1-2H3,(H2,15,16,17). The van der Waals surface area contributed by atoms with E-state index in [1.807, 2.05) is 13.8 Å². The van der Waals surface area contributed by atoms with E-state index in [-0.39, 0.29) is 23.3 Å². The van der Waals surface area contributed by atoms with E-state index < -0.39 is 4.92 Å². The van der Waals surface area contributed by atoms with Gasteiger partial charge in [-0.15, -0.1) is 0 Å². The third kappa shape index (κ3) is 3.88. The summed E-state index contributed by atoms with van der Waals surface area (Å²) in [6, 6.07) is 5.79. The van der Waals surface area contributed by atoms with Gasteiger partial charge in [0.2, 0.25) is 5.88 Å². The first-order chi connectivity index (χ1) is 9.85. The third-order valence-corrected chi connectivity index (χ3v) is 3.00.